The van der Waals surface area contributed by atoms with Gasteiger partial charge >= 0.3 is 5.97 Å². The maximum absolute atomic E-state index is 11.5. The van der Waals surface area contributed by atoms with E-state index in [0.717, 1.165) is 23.7 Å². The van der Waals surface area contributed by atoms with E-state index < -0.39 is 0 Å². The predicted octanol–water partition coefficient (Wildman–Crippen LogP) is 5.99. The number of carbonyl (C=O) groups is 1. The lowest BCUT2D eigenvalue weighted by Gasteiger charge is -2.60. The molecule has 0 N–H and O–H groups in total. The molecule has 4 aliphatic rings. The highest BCUT2D eigenvalue weighted by atomic mass is 16.5. The van der Waals surface area contributed by atoms with Crippen LogP contribution in [0.2, 0.25) is 0 Å². The number of ether oxygens (including phenoxy) is 1. The smallest absolute Gasteiger partial charge is 0.302 e. The van der Waals surface area contributed by atoms with Crippen molar-refractivity contribution in [1.29, 1.82) is 0 Å². The molecule has 142 valence electrons. The summed E-state index contributed by atoms with van der Waals surface area (Å²) in [6.45, 7) is 8.91. The zero-order valence-electron chi connectivity index (χ0n) is 16.9. The van der Waals surface area contributed by atoms with Crippen molar-refractivity contribution in [3.05, 3.63) is 0 Å². The van der Waals surface area contributed by atoms with Gasteiger partial charge in [-0.3, -0.25) is 4.79 Å². The van der Waals surface area contributed by atoms with Gasteiger partial charge in [-0.25, -0.2) is 0 Å². The summed E-state index contributed by atoms with van der Waals surface area (Å²) in [4.78, 5) is 11.5. The van der Waals surface area contributed by atoms with Crippen LogP contribution in [0.25, 0.3) is 0 Å². The van der Waals surface area contributed by atoms with Gasteiger partial charge < -0.3 is 4.74 Å². The number of hydrogen-bond acceptors (Lipinski definition) is 2. The van der Waals surface area contributed by atoms with E-state index in [-0.39, 0.29) is 12.1 Å². The van der Waals surface area contributed by atoms with Gasteiger partial charge in [0.2, 0.25) is 0 Å². The number of carbonyl (C=O) groups excluding carboxylic acids is 1. The second kappa shape index (κ2) is 6.27. The molecule has 0 radical (unpaired) electrons. The van der Waals surface area contributed by atoms with Gasteiger partial charge in [0.05, 0.1) is 0 Å². The van der Waals surface area contributed by atoms with Gasteiger partial charge in [-0.05, 0) is 92.8 Å². The maximum atomic E-state index is 11.5. The van der Waals surface area contributed by atoms with Gasteiger partial charge in [0.1, 0.15) is 6.10 Å². The van der Waals surface area contributed by atoms with Crippen molar-refractivity contribution < 1.29 is 9.53 Å². The van der Waals surface area contributed by atoms with Crippen LogP contribution in [0.3, 0.4) is 0 Å². The number of hydrogen-bond donors (Lipinski definition) is 0. The Kier molecular flexibility index (Phi) is 4.48. The highest BCUT2D eigenvalue weighted by Crippen LogP contribution is 2.67. The molecule has 4 saturated carbocycles. The zero-order valence-corrected chi connectivity index (χ0v) is 16.9. The molecule has 25 heavy (non-hydrogen) atoms. The molecule has 2 heteroatoms. The standard InChI is InChI=1S/C23H38O2/c1-15(25-16(2)24)19-10-11-20-18-9-8-17-7-5-6-13-22(17,3)21(18)12-14-23(19,20)4/h15,17-21H,5-14H2,1-4H3/t15?,17-,18+,19-,20+,21+,22+,23-/m1/s1. The van der Waals surface area contributed by atoms with Gasteiger partial charge in [0, 0.05) is 12.8 Å². The van der Waals surface area contributed by atoms with Crippen molar-refractivity contribution in [2.24, 2.45) is 40.4 Å². The molecule has 0 amide bonds. The Balaban J connectivity index is 1.56. The van der Waals surface area contributed by atoms with Crippen LogP contribution in [0.5, 0.6) is 0 Å². The van der Waals surface area contributed by atoms with E-state index in [1.165, 1.54) is 64.2 Å². The summed E-state index contributed by atoms with van der Waals surface area (Å²) >= 11 is 0. The van der Waals surface area contributed by atoms with Crippen molar-refractivity contribution in [1.82, 2.24) is 0 Å². The Morgan fingerprint density at radius 1 is 0.920 bits per heavy atom. The van der Waals surface area contributed by atoms with Crippen LogP contribution in [-0.2, 0) is 9.53 Å². The van der Waals surface area contributed by atoms with Gasteiger partial charge in [-0.1, -0.05) is 26.7 Å². The van der Waals surface area contributed by atoms with Crippen molar-refractivity contribution in [3.8, 4) is 0 Å². The average molecular weight is 347 g/mol. The molecule has 4 aliphatic carbocycles. The minimum absolute atomic E-state index is 0.0886. The number of esters is 1. The minimum atomic E-state index is -0.108. The van der Waals surface area contributed by atoms with Gasteiger partial charge in [-0.2, -0.15) is 0 Å². The largest absolute Gasteiger partial charge is 0.463 e. The molecule has 2 nitrogen and oxygen atoms in total. The maximum Gasteiger partial charge on any atom is 0.302 e. The SMILES string of the molecule is CC(=O)OC(C)[C@H]1CC[C@H]2[C@@H]3CC[C@H]4CCCC[C@]4(C)[C@H]3CC[C@]12C. The van der Waals surface area contributed by atoms with Crippen LogP contribution >= 0.6 is 0 Å². The van der Waals surface area contributed by atoms with Crippen molar-refractivity contribution >= 4 is 5.97 Å². The van der Waals surface area contributed by atoms with Crippen molar-refractivity contribution in [2.75, 3.05) is 0 Å². The van der Waals surface area contributed by atoms with E-state index in [4.69, 9.17) is 4.74 Å². The van der Waals surface area contributed by atoms with Crippen LogP contribution in [0, 0.1) is 40.4 Å². The summed E-state index contributed by atoms with van der Waals surface area (Å²) in [5, 5.41) is 0. The van der Waals surface area contributed by atoms with E-state index in [0.29, 0.717) is 16.7 Å². The second-order valence-corrected chi connectivity index (χ2v) is 10.4. The molecule has 0 saturated heterocycles. The van der Waals surface area contributed by atoms with E-state index in [2.05, 4.69) is 20.8 Å². The summed E-state index contributed by atoms with van der Waals surface area (Å²) in [5.74, 6) is 4.24. The molecule has 0 aliphatic heterocycles. The highest BCUT2D eigenvalue weighted by Gasteiger charge is 2.60. The molecule has 0 heterocycles. The summed E-state index contributed by atoms with van der Waals surface area (Å²) in [7, 11) is 0. The Morgan fingerprint density at radius 2 is 1.68 bits per heavy atom. The normalized spacial score (nSPS) is 50.3. The fraction of sp³-hybridized carbons (Fsp3) is 0.957. The summed E-state index contributed by atoms with van der Waals surface area (Å²) in [6, 6.07) is 0. The third-order valence-corrected chi connectivity index (χ3v) is 9.58. The lowest BCUT2D eigenvalue weighted by atomic mass is 9.45. The fourth-order valence-corrected chi connectivity index (χ4v) is 8.45. The molecule has 1 unspecified atom stereocenters. The first-order chi connectivity index (χ1) is 11.9. The number of fused-ring (bicyclic) bond motifs is 5. The summed E-state index contributed by atoms with van der Waals surface area (Å²) < 4.78 is 5.65. The molecule has 4 fully saturated rings. The number of rotatable bonds is 2. The van der Waals surface area contributed by atoms with Gasteiger partial charge in [-0.15, -0.1) is 0 Å². The lowest BCUT2D eigenvalue weighted by molar-refractivity contribution is -0.154. The van der Waals surface area contributed by atoms with Crippen LogP contribution in [0.15, 0.2) is 0 Å². The van der Waals surface area contributed by atoms with Crippen LogP contribution in [0.4, 0.5) is 0 Å². The highest BCUT2D eigenvalue weighted by molar-refractivity contribution is 5.66. The molecule has 4 rings (SSSR count). The van der Waals surface area contributed by atoms with E-state index in [1.54, 1.807) is 6.92 Å². The first-order valence-electron chi connectivity index (χ1n) is 11.0. The quantitative estimate of drug-likeness (QED) is 0.574. The van der Waals surface area contributed by atoms with Gasteiger partial charge in [0.15, 0.2) is 0 Å². The Labute approximate surface area is 154 Å². The zero-order chi connectivity index (χ0) is 17.8. The van der Waals surface area contributed by atoms with Crippen LogP contribution in [-0.4, -0.2) is 12.1 Å². The van der Waals surface area contributed by atoms with E-state index >= 15 is 0 Å². The predicted molar refractivity (Wildman–Crippen MR) is 101 cm³/mol. The van der Waals surface area contributed by atoms with Crippen LogP contribution in [0.1, 0.15) is 91.9 Å². The first kappa shape index (κ1) is 17.9. The Bertz CT molecular complexity index is 528. The van der Waals surface area contributed by atoms with Gasteiger partial charge in [0.25, 0.3) is 0 Å². The topological polar surface area (TPSA) is 26.3 Å². The minimum Gasteiger partial charge on any atom is -0.463 e. The van der Waals surface area contributed by atoms with E-state index in [9.17, 15) is 4.79 Å². The van der Waals surface area contributed by atoms with Crippen LogP contribution < -0.4 is 0 Å². The monoisotopic (exact) mass is 346 g/mol. The lowest BCUT2D eigenvalue weighted by Crippen LogP contribution is -2.53. The third kappa shape index (κ3) is 2.69. The van der Waals surface area contributed by atoms with Crippen molar-refractivity contribution in [3.63, 3.8) is 0 Å². The summed E-state index contributed by atoms with van der Waals surface area (Å²) in [5.41, 5.74) is 1.02. The molecule has 0 bridgehead atoms. The third-order valence-electron chi connectivity index (χ3n) is 9.58. The molecular weight excluding hydrogens is 308 g/mol. The Morgan fingerprint density at radius 3 is 2.44 bits per heavy atom. The molecule has 0 aromatic carbocycles. The molecule has 0 aromatic heterocycles. The summed E-state index contributed by atoms with van der Waals surface area (Å²) in [6.07, 6.45) is 14.4. The van der Waals surface area contributed by atoms with Crippen molar-refractivity contribution in [2.45, 2.75) is 98.0 Å². The molecule has 0 spiro atoms. The Hall–Kier alpha value is -0.530. The van der Waals surface area contributed by atoms with E-state index in [1.807, 2.05) is 0 Å². The second-order valence-electron chi connectivity index (χ2n) is 10.4. The molecular formula is C23H38O2. The average Bonchev–Trinajstić information content (AvgIpc) is 2.91. The molecule has 0 aromatic rings. The fourth-order valence-electron chi connectivity index (χ4n) is 8.45. The first-order valence-corrected chi connectivity index (χ1v) is 11.0. The molecule has 8 atom stereocenters.